The summed E-state index contributed by atoms with van der Waals surface area (Å²) in [5, 5.41) is 4.42. The van der Waals surface area contributed by atoms with Crippen molar-refractivity contribution < 1.29 is 14.1 Å². The van der Waals surface area contributed by atoms with Gasteiger partial charge in [0.05, 0.1) is 28.3 Å². The molecule has 9 heteroatoms. The minimum atomic E-state index is 0.0255. The standard InChI is InChI=1S/C16H15ClN4O3S/c1-8-4-21(5-9(2)23-8)15-10(6-22)19-14-13(11-3-18-7-25-11)20-24-16(14)12(15)17/h3,6-9H,4-5H2,1-2H3. The molecule has 0 amide bonds. The molecular weight excluding hydrogens is 364 g/mol. The first-order valence-electron chi connectivity index (χ1n) is 7.81. The molecule has 4 heterocycles. The van der Waals surface area contributed by atoms with E-state index in [1.54, 1.807) is 11.7 Å². The number of nitrogens with zero attached hydrogens (tertiary/aromatic N) is 4. The van der Waals surface area contributed by atoms with Crippen molar-refractivity contribution in [2.24, 2.45) is 0 Å². The number of carbonyl (C=O) groups excluding carboxylic acids is 1. The topological polar surface area (TPSA) is 81.4 Å². The van der Waals surface area contributed by atoms with Crippen LogP contribution in [0, 0.1) is 0 Å². The van der Waals surface area contributed by atoms with Gasteiger partial charge < -0.3 is 14.2 Å². The van der Waals surface area contributed by atoms with Gasteiger partial charge in [0.15, 0.2) is 12.0 Å². The van der Waals surface area contributed by atoms with Gasteiger partial charge in [-0.3, -0.25) is 9.78 Å². The summed E-state index contributed by atoms with van der Waals surface area (Å²) in [6.45, 7) is 5.21. The normalized spacial score (nSPS) is 21.0. The van der Waals surface area contributed by atoms with E-state index in [0.717, 1.165) is 11.2 Å². The molecule has 0 aliphatic carbocycles. The molecular formula is C16H15ClN4O3S. The zero-order valence-corrected chi connectivity index (χ0v) is 15.2. The maximum absolute atomic E-state index is 11.7. The number of rotatable bonds is 3. The minimum Gasteiger partial charge on any atom is -0.372 e. The Morgan fingerprint density at radius 3 is 2.76 bits per heavy atom. The number of hydrogen-bond acceptors (Lipinski definition) is 8. The van der Waals surface area contributed by atoms with Crippen LogP contribution in [0.5, 0.6) is 0 Å². The number of aromatic nitrogens is 3. The number of morpholine rings is 1. The highest BCUT2D eigenvalue weighted by molar-refractivity contribution is 7.13. The third-order valence-electron chi connectivity index (χ3n) is 4.06. The first kappa shape index (κ1) is 16.4. The predicted molar refractivity (Wildman–Crippen MR) is 95.5 cm³/mol. The lowest BCUT2D eigenvalue weighted by Gasteiger charge is -2.37. The second kappa shape index (κ2) is 6.36. The molecule has 1 aliphatic rings. The van der Waals surface area contributed by atoms with Gasteiger partial charge in [0.2, 0.25) is 5.58 Å². The molecule has 25 heavy (non-hydrogen) atoms. The molecule has 0 bridgehead atoms. The molecule has 7 nitrogen and oxygen atoms in total. The Balaban J connectivity index is 1.88. The zero-order valence-electron chi connectivity index (χ0n) is 13.6. The largest absolute Gasteiger partial charge is 0.372 e. The fraction of sp³-hybridized carbons (Fsp3) is 0.375. The third kappa shape index (κ3) is 2.80. The van der Waals surface area contributed by atoms with Crippen LogP contribution < -0.4 is 4.90 Å². The van der Waals surface area contributed by atoms with Crippen LogP contribution >= 0.6 is 22.9 Å². The molecule has 0 saturated carbocycles. The van der Waals surface area contributed by atoms with Crippen molar-refractivity contribution in [2.75, 3.05) is 18.0 Å². The van der Waals surface area contributed by atoms with Gasteiger partial charge in [0, 0.05) is 19.3 Å². The van der Waals surface area contributed by atoms with Crippen LogP contribution in [0.3, 0.4) is 0 Å². The SMILES string of the molecule is CC1CN(c2c(C=O)nc3c(-c4cncs4)noc3c2Cl)CC(C)O1. The first-order valence-corrected chi connectivity index (χ1v) is 9.07. The molecule has 3 aromatic rings. The Morgan fingerprint density at radius 1 is 1.36 bits per heavy atom. The van der Waals surface area contributed by atoms with Crippen molar-refractivity contribution in [3.63, 3.8) is 0 Å². The summed E-state index contributed by atoms with van der Waals surface area (Å²) in [5.74, 6) is 0. The van der Waals surface area contributed by atoms with Crippen LogP contribution in [0.2, 0.25) is 5.02 Å². The lowest BCUT2D eigenvalue weighted by atomic mass is 10.1. The second-order valence-corrected chi connectivity index (χ2v) is 7.28. The average molecular weight is 379 g/mol. The van der Waals surface area contributed by atoms with Crippen LogP contribution in [0.1, 0.15) is 24.3 Å². The summed E-state index contributed by atoms with van der Waals surface area (Å²) in [6.07, 6.45) is 2.45. The lowest BCUT2D eigenvalue weighted by Crippen LogP contribution is -2.46. The number of thiazole rings is 1. The molecule has 0 radical (unpaired) electrons. The van der Waals surface area contributed by atoms with Crippen LogP contribution in [-0.4, -0.2) is 46.7 Å². The van der Waals surface area contributed by atoms with E-state index in [-0.39, 0.29) is 17.9 Å². The highest BCUT2D eigenvalue weighted by Gasteiger charge is 2.29. The zero-order chi connectivity index (χ0) is 17.6. The van der Waals surface area contributed by atoms with E-state index in [1.807, 2.05) is 18.7 Å². The molecule has 3 aromatic heterocycles. The van der Waals surface area contributed by atoms with E-state index >= 15 is 0 Å². The van der Waals surface area contributed by atoms with Crippen molar-refractivity contribution in [3.05, 3.63) is 22.4 Å². The Hall–Kier alpha value is -2.03. The smallest absolute Gasteiger partial charge is 0.206 e. The van der Waals surface area contributed by atoms with Crippen LogP contribution in [0.25, 0.3) is 21.7 Å². The molecule has 1 aliphatic heterocycles. The van der Waals surface area contributed by atoms with Crippen molar-refractivity contribution >= 4 is 46.0 Å². The monoisotopic (exact) mass is 378 g/mol. The summed E-state index contributed by atoms with van der Waals surface area (Å²) in [6, 6.07) is 0. The van der Waals surface area contributed by atoms with E-state index in [1.165, 1.54) is 11.3 Å². The fourth-order valence-corrected chi connectivity index (χ4v) is 4.11. The number of aldehydes is 1. The highest BCUT2D eigenvalue weighted by Crippen LogP contribution is 2.39. The molecule has 0 N–H and O–H groups in total. The third-order valence-corrected chi connectivity index (χ3v) is 5.19. The quantitative estimate of drug-likeness (QED) is 0.646. The van der Waals surface area contributed by atoms with Crippen LogP contribution in [0.15, 0.2) is 16.2 Å². The molecule has 4 rings (SSSR count). The van der Waals surface area contributed by atoms with Crippen molar-refractivity contribution in [1.82, 2.24) is 15.1 Å². The van der Waals surface area contributed by atoms with Gasteiger partial charge in [-0.2, -0.15) is 0 Å². The van der Waals surface area contributed by atoms with Gasteiger partial charge in [0.25, 0.3) is 0 Å². The van der Waals surface area contributed by atoms with Gasteiger partial charge in [-0.05, 0) is 13.8 Å². The van der Waals surface area contributed by atoms with Gasteiger partial charge in [-0.15, -0.1) is 11.3 Å². The maximum Gasteiger partial charge on any atom is 0.206 e. The molecule has 2 unspecified atom stereocenters. The number of anilines is 1. The fourth-order valence-electron chi connectivity index (χ4n) is 3.16. The van der Waals surface area contributed by atoms with E-state index in [4.69, 9.17) is 20.9 Å². The van der Waals surface area contributed by atoms with E-state index in [0.29, 0.717) is 40.6 Å². The number of hydrogen-bond donors (Lipinski definition) is 0. The number of fused-ring (bicyclic) bond motifs is 1. The number of pyridine rings is 1. The number of ether oxygens (including phenoxy) is 1. The summed E-state index contributed by atoms with van der Waals surface area (Å²) in [5.41, 5.74) is 3.92. The van der Waals surface area contributed by atoms with E-state index in [9.17, 15) is 4.79 Å². The first-order chi connectivity index (χ1) is 12.1. The summed E-state index contributed by atoms with van der Waals surface area (Å²) in [4.78, 5) is 23.1. The van der Waals surface area contributed by atoms with Crippen LogP contribution in [-0.2, 0) is 4.74 Å². The van der Waals surface area contributed by atoms with Gasteiger partial charge >= 0.3 is 0 Å². The van der Waals surface area contributed by atoms with Gasteiger partial charge in [-0.1, -0.05) is 16.8 Å². The summed E-state index contributed by atoms with van der Waals surface area (Å²) >= 11 is 8.02. The molecule has 1 fully saturated rings. The Labute approximate surface area is 152 Å². The van der Waals surface area contributed by atoms with Crippen molar-refractivity contribution in [2.45, 2.75) is 26.1 Å². The van der Waals surface area contributed by atoms with Crippen LogP contribution in [0.4, 0.5) is 5.69 Å². The number of halogens is 1. The lowest BCUT2D eigenvalue weighted by molar-refractivity contribution is -0.00526. The second-order valence-electron chi connectivity index (χ2n) is 6.01. The van der Waals surface area contributed by atoms with E-state index in [2.05, 4.69) is 15.1 Å². The molecule has 130 valence electrons. The predicted octanol–water partition coefficient (Wildman–Crippen LogP) is 3.43. The number of carbonyl (C=O) groups is 1. The summed E-state index contributed by atoms with van der Waals surface area (Å²) < 4.78 is 11.2. The highest BCUT2D eigenvalue weighted by atomic mass is 35.5. The van der Waals surface area contributed by atoms with Gasteiger partial charge in [0.1, 0.15) is 16.2 Å². The van der Waals surface area contributed by atoms with Crippen molar-refractivity contribution in [3.8, 4) is 10.6 Å². The molecule has 2 atom stereocenters. The molecule has 0 aromatic carbocycles. The average Bonchev–Trinajstić information content (AvgIpc) is 3.22. The van der Waals surface area contributed by atoms with Gasteiger partial charge in [-0.25, -0.2) is 4.98 Å². The maximum atomic E-state index is 11.7. The molecule has 0 spiro atoms. The van der Waals surface area contributed by atoms with E-state index < -0.39 is 0 Å². The van der Waals surface area contributed by atoms with Crippen molar-refractivity contribution in [1.29, 1.82) is 0 Å². The Bertz CT molecular complexity index is 917. The Kier molecular flexibility index (Phi) is 4.18. The molecule has 1 saturated heterocycles. The summed E-state index contributed by atoms with van der Waals surface area (Å²) in [7, 11) is 0. The Morgan fingerprint density at radius 2 is 2.12 bits per heavy atom. The minimum absolute atomic E-state index is 0.0255.